The summed E-state index contributed by atoms with van der Waals surface area (Å²) in [6.45, 7) is 0.489. The van der Waals surface area contributed by atoms with Gasteiger partial charge in [0.2, 0.25) is 0 Å². The van der Waals surface area contributed by atoms with Gasteiger partial charge in [0.15, 0.2) is 0 Å². The van der Waals surface area contributed by atoms with E-state index in [9.17, 15) is 4.39 Å². The third-order valence-corrected chi connectivity index (χ3v) is 2.65. The first-order valence-electron chi connectivity index (χ1n) is 5.06. The van der Waals surface area contributed by atoms with Crippen molar-refractivity contribution in [2.75, 3.05) is 0 Å². The molecule has 1 aromatic heterocycles. The normalized spacial score (nSPS) is 10.2. The Bertz CT molecular complexity index is 551. The van der Waals surface area contributed by atoms with Crippen molar-refractivity contribution in [3.63, 3.8) is 0 Å². The van der Waals surface area contributed by atoms with E-state index in [1.54, 1.807) is 29.2 Å². The number of benzene rings is 1. The van der Waals surface area contributed by atoms with Gasteiger partial charge >= 0.3 is 0 Å². The van der Waals surface area contributed by atoms with Crippen molar-refractivity contribution in [2.24, 2.45) is 0 Å². The predicted molar refractivity (Wildman–Crippen MR) is 62.9 cm³/mol. The smallest absolute Gasteiger partial charge is 0.132 e. The Morgan fingerprint density at radius 1 is 1.47 bits per heavy atom. The lowest BCUT2D eigenvalue weighted by molar-refractivity contribution is 0.626. The average Bonchev–Trinajstić information content (AvgIpc) is 2.75. The summed E-state index contributed by atoms with van der Waals surface area (Å²) in [6, 6.07) is 6.57. The Labute approximate surface area is 103 Å². The molecule has 0 N–H and O–H groups in total. The Morgan fingerprint density at radius 3 is 3.00 bits per heavy atom. The maximum Gasteiger partial charge on any atom is 0.132 e. The molecule has 0 saturated heterocycles. The second kappa shape index (κ2) is 4.98. The van der Waals surface area contributed by atoms with Crippen molar-refractivity contribution in [1.82, 2.24) is 9.78 Å². The minimum absolute atomic E-state index is 0.345. The maximum atomic E-state index is 13.6. The lowest BCUT2D eigenvalue weighted by Crippen LogP contribution is -1.96. The zero-order valence-electron chi connectivity index (χ0n) is 8.90. The number of aryl methyl sites for hydroxylation is 1. The highest BCUT2D eigenvalue weighted by Crippen LogP contribution is 2.29. The van der Waals surface area contributed by atoms with Gasteiger partial charge in [-0.3, -0.25) is 4.68 Å². The van der Waals surface area contributed by atoms with Crippen LogP contribution in [0.2, 0.25) is 5.02 Å². The van der Waals surface area contributed by atoms with Crippen molar-refractivity contribution in [2.45, 2.75) is 13.0 Å². The van der Waals surface area contributed by atoms with Crippen LogP contribution in [-0.4, -0.2) is 9.78 Å². The SMILES string of the molecule is N#CCCn1cc(-c2c(F)cccc2Cl)cn1. The monoisotopic (exact) mass is 249 g/mol. The first kappa shape index (κ1) is 11.6. The topological polar surface area (TPSA) is 41.6 Å². The Balaban J connectivity index is 2.34. The highest BCUT2D eigenvalue weighted by molar-refractivity contribution is 6.33. The molecule has 0 amide bonds. The van der Waals surface area contributed by atoms with Gasteiger partial charge in [0.25, 0.3) is 0 Å². The van der Waals surface area contributed by atoms with Crippen LogP contribution in [0.5, 0.6) is 0 Å². The molecule has 1 heterocycles. The Hall–Kier alpha value is -1.86. The van der Waals surface area contributed by atoms with Gasteiger partial charge in [-0.2, -0.15) is 10.4 Å². The van der Waals surface area contributed by atoms with Crippen LogP contribution in [0.1, 0.15) is 6.42 Å². The maximum absolute atomic E-state index is 13.6. The van der Waals surface area contributed by atoms with E-state index in [1.165, 1.54) is 6.07 Å². The highest BCUT2D eigenvalue weighted by Gasteiger charge is 2.11. The van der Waals surface area contributed by atoms with E-state index in [1.807, 2.05) is 6.07 Å². The molecule has 86 valence electrons. The molecule has 1 aromatic carbocycles. The summed E-state index contributed by atoms with van der Waals surface area (Å²) in [5.74, 6) is -0.377. The first-order valence-corrected chi connectivity index (χ1v) is 5.44. The van der Waals surface area contributed by atoms with Crippen molar-refractivity contribution in [1.29, 1.82) is 5.26 Å². The number of aromatic nitrogens is 2. The zero-order valence-corrected chi connectivity index (χ0v) is 9.65. The molecule has 3 nitrogen and oxygen atoms in total. The van der Waals surface area contributed by atoms with Crippen LogP contribution in [0, 0.1) is 17.1 Å². The fraction of sp³-hybridized carbons (Fsp3) is 0.167. The summed E-state index contributed by atoms with van der Waals surface area (Å²) in [6.07, 6.45) is 3.59. The van der Waals surface area contributed by atoms with Gasteiger partial charge in [-0.1, -0.05) is 17.7 Å². The summed E-state index contributed by atoms with van der Waals surface area (Å²) in [7, 11) is 0. The number of rotatable bonds is 3. The van der Waals surface area contributed by atoms with Gasteiger partial charge in [-0.25, -0.2) is 4.39 Å². The molecule has 5 heteroatoms. The van der Waals surface area contributed by atoms with Gasteiger partial charge in [0.1, 0.15) is 5.82 Å². The van der Waals surface area contributed by atoms with Crippen LogP contribution >= 0.6 is 11.6 Å². The molecule has 0 spiro atoms. The van der Waals surface area contributed by atoms with E-state index in [-0.39, 0.29) is 5.82 Å². The molecule has 0 saturated carbocycles. The third kappa shape index (κ3) is 2.45. The van der Waals surface area contributed by atoms with Gasteiger partial charge in [0.05, 0.1) is 30.3 Å². The molecule has 0 atom stereocenters. The summed E-state index contributed by atoms with van der Waals surface area (Å²) in [4.78, 5) is 0. The second-order valence-corrected chi connectivity index (χ2v) is 3.90. The minimum atomic E-state index is -0.377. The van der Waals surface area contributed by atoms with Crippen LogP contribution in [0.25, 0.3) is 11.1 Å². The standard InChI is InChI=1S/C12H9ClFN3/c13-10-3-1-4-11(14)12(10)9-7-16-17(8-9)6-2-5-15/h1,3-4,7-8H,2,6H2. The molecule has 0 radical (unpaired) electrons. The van der Waals surface area contributed by atoms with E-state index in [2.05, 4.69) is 5.10 Å². The van der Waals surface area contributed by atoms with Gasteiger partial charge in [-0.05, 0) is 12.1 Å². The molecule has 0 aliphatic heterocycles. The average molecular weight is 250 g/mol. The number of nitrogens with zero attached hydrogens (tertiary/aromatic N) is 3. The summed E-state index contributed by atoms with van der Waals surface area (Å²) < 4.78 is 15.2. The first-order chi connectivity index (χ1) is 8.22. The molecule has 2 aromatic rings. The van der Waals surface area contributed by atoms with Crippen LogP contribution in [0.3, 0.4) is 0 Å². The molecule has 0 bridgehead atoms. The summed E-state index contributed by atoms with van der Waals surface area (Å²) >= 11 is 5.95. The predicted octanol–water partition coefficient (Wildman–Crippen LogP) is 3.26. The van der Waals surface area contributed by atoms with E-state index >= 15 is 0 Å². The van der Waals surface area contributed by atoms with Crippen LogP contribution in [-0.2, 0) is 6.54 Å². The van der Waals surface area contributed by atoms with Crippen molar-refractivity contribution in [3.05, 3.63) is 41.4 Å². The number of nitriles is 1. The van der Waals surface area contributed by atoms with Crippen LogP contribution < -0.4 is 0 Å². The fourth-order valence-corrected chi connectivity index (χ4v) is 1.83. The molecule has 0 aliphatic carbocycles. The van der Waals surface area contributed by atoms with Gasteiger partial charge in [-0.15, -0.1) is 0 Å². The van der Waals surface area contributed by atoms with E-state index in [0.29, 0.717) is 29.1 Å². The summed E-state index contributed by atoms with van der Waals surface area (Å²) in [5, 5.41) is 12.9. The number of hydrogen-bond donors (Lipinski definition) is 0. The summed E-state index contributed by atoms with van der Waals surface area (Å²) in [5.41, 5.74) is 0.961. The Morgan fingerprint density at radius 2 is 2.29 bits per heavy atom. The molecule has 17 heavy (non-hydrogen) atoms. The molecule has 0 unspecified atom stereocenters. The lowest BCUT2D eigenvalue weighted by atomic mass is 10.1. The molecular formula is C12H9ClFN3. The van der Waals surface area contributed by atoms with E-state index in [4.69, 9.17) is 16.9 Å². The van der Waals surface area contributed by atoms with Crippen LogP contribution in [0.4, 0.5) is 4.39 Å². The van der Waals surface area contributed by atoms with E-state index < -0.39 is 0 Å². The number of hydrogen-bond acceptors (Lipinski definition) is 2. The van der Waals surface area contributed by atoms with Gasteiger partial charge < -0.3 is 0 Å². The van der Waals surface area contributed by atoms with Crippen molar-refractivity contribution >= 4 is 11.6 Å². The fourth-order valence-electron chi connectivity index (χ4n) is 1.55. The largest absolute Gasteiger partial charge is 0.271 e. The van der Waals surface area contributed by atoms with E-state index in [0.717, 1.165) is 0 Å². The third-order valence-electron chi connectivity index (χ3n) is 2.34. The molecular weight excluding hydrogens is 241 g/mol. The lowest BCUT2D eigenvalue weighted by Gasteiger charge is -2.02. The quantitative estimate of drug-likeness (QED) is 0.838. The molecule has 0 aliphatic rings. The minimum Gasteiger partial charge on any atom is -0.271 e. The zero-order chi connectivity index (χ0) is 12.3. The number of halogens is 2. The molecule has 0 fully saturated rings. The van der Waals surface area contributed by atoms with Gasteiger partial charge in [0, 0.05) is 17.3 Å². The molecule has 2 rings (SSSR count). The van der Waals surface area contributed by atoms with Crippen molar-refractivity contribution < 1.29 is 4.39 Å². The highest BCUT2D eigenvalue weighted by atomic mass is 35.5. The Kier molecular flexibility index (Phi) is 3.40. The van der Waals surface area contributed by atoms with Crippen molar-refractivity contribution in [3.8, 4) is 17.2 Å². The van der Waals surface area contributed by atoms with Crippen LogP contribution in [0.15, 0.2) is 30.6 Å². The second-order valence-electron chi connectivity index (χ2n) is 3.50.